The zero-order chi connectivity index (χ0) is 16.2. The van der Waals surface area contributed by atoms with Crippen molar-refractivity contribution in [3.8, 4) is 0 Å². The summed E-state index contributed by atoms with van der Waals surface area (Å²) in [4.78, 5) is 24.2. The minimum absolute atomic E-state index is 0.164. The molecule has 0 aliphatic carbocycles. The van der Waals surface area contributed by atoms with Crippen LogP contribution in [0, 0.1) is 6.92 Å². The van der Waals surface area contributed by atoms with Gasteiger partial charge in [-0.2, -0.15) is 0 Å². The molecule has 2 heterocycles. The molecule has 1 aromatic carbocycles. The number of carbonyl (C=O) groups excluding carboxylic acids is 1. The van der Waals surface area contributed by atoms with E-state index in [-0.39, 0.29) is 11.5 Å². The number of hydrogen-bond donors (Lipinski definition) is 1. The van der Waals surface area contributed by atoms with Gasteiger partial charge in [0.25, 0.3) is 11.5 Å². The normalized spacial score (nSPS) is 10.5. The molecule has 0 atom stereocenters. The summed E-state index contributed by atoms with van der Waals surface area (Å²) in [6, 6.07) is 14.1. The Bertz CT molecular complexity index is 881. The molecule has 2 aromatic heterocycles. The molecule has 0 spiro atoms. The highest BCUT2D eigenvalue weighted by Crippen LogP contribution is 2.09. The Morgan fingerprint density at radius 2 is 2.00 bits per heavy atom. The summed E-state index contributed by atoms with van der Waals surface area (Å²) in [5, 5.41) is 6.34. The van der Waals surface area contributed by atoms with Crippen LogP contribution in [0.2, 0.25) is 0 Å². The van der Waals surface area contributed by atoms with Crippen LogP contribution in [0.15, 0.2) is 64.0 Å². The van der Waals surface area contributed by atoms with Gasteiger partial charge < -0.3 is 14.4 Å². The van der Waals surface area contributed by atoms with Gasteiger partial charge in [-0.1, -0.05) is 35.5 Å². The summed E-state index contributed by atoms with van der Waals surface area (Å²) < 4.78 is 6.40. The van der Waals surface area contributed by atoms with Gasteiger partial charge in [-0.25, -0.2) is 0 Å². The van der Waals surface area contributed by atoms with E-state index in [2.05, 4.69) is 10.5 Å². The molecule has 0 saturated heterocycles. The molecule has 116 valence electrons. The molecule has 0 fully saturated rings. The van der Waals surface area contributed by atoms with Gasteiger partial charge in [0.1, 0.15) is 5.76 Å². The topological polar surface area (TPSA) is 77.1 Å². The minimum Gasteiger partial charge on any atom is -0.360 e. The van der Waals surface area contributed by atoms with Gasteiger partial charge in [0, 0.05) is 18.3 Å². The van der Waals surface area contributed by atoms with Crippen molar-refractivity contribution >= 4 is 11.7 Å². The predicted octanol–water partition coefficient (Wildman–Crippen LogP) is 2.45. The van der Waals surface area contributed by atoms with Crippen molar-refractivity contribution in [1.82, 2.24) is 9.72 Å². The Balaban J connectivity index is 1.82. The quantitative estimate of drug-likeness (QED) is 0.803. The van der Waals surface area contributed by atoms with E-state index in [4.69, 9.17) is 4.52 Å². The average Bonchev–Trinajstić information content (AvgIpc) is 2.95. The van der Waals surface area contributed by atoms with Crippen LogP contribution < -0.4 is 10.9 Å². The summed E-state index contributed by atoms with van der Waals surface area (Å²) >= 11 is 0. The second-order valence-corrected chi connectivity index (χ2v) is 5.15. The van der Waals surface area contributed by atoms with Gasteiger partial charge in [-0.15, -0.1) is 0 Å². The van der Waals surface area contributed by atoms with E-state index in [0.717, 1.165) is 5.56 Å². The number of pyridine rings is 1. The molecule has 0 unspecified atom stereocenters. The average molecular weight is 309 g/mol. The maximum atomic E-state index is 12.2. The molecule has 3 aromatic rings. The van der Waals surface area contributed by atoms with E-state index in [1.54, 1.807) is 13.0 Å². The number of aromatic nitrogens is 2. The van der Waals surface area contributed by atoms with Gasteiger partial charge in [-0.3, -0.25) is 9.59 Å². The molecule has 1 N–H and O–H groups in total. The lowest BCUT2D eigenvalue weighted by Crippen LogP contribution is -2.22. The van der Waals surface area contributed by atoms with Crippen molar-refractivity contribution in [1.29, 1.82) is 0 Å². The Morgan fingerprint density at radius 3 is 2.70 bits per heavy atom. The number of anilines is 1. The van der Waals surface area contributed by atoms with Crippen LogP contribution in [0.25, 0.3) is 0 Å². The van der Waals surface area contributed by atoms with E-state index in [0.29, 0.717) is 23.7 Å². The van der Waals surface area contributed by atoms with E-state index < -0.39 is 0 Å². The summed E-state index contributed by atoms with van der Waals surface area (Å²) in [5.41, 5.74) is 1.20. The third kappa shape index (κ3) is 3.55. The number of nitrogens with zero attached hydrogens (tertiary/aromatic N) is 2. The Labute approximate surface area is 132 Å². The highest BCUT2D eigenvalue weighted by Gasteiger charge is 2.10. The van der Waals surface area contributed by atoms with E-state index in [9.17, 15) is 9.59 Å². The van der Waals surface area contributed by atoms with Gasteiger partial charge in [-0.05, 0) is 18.6 Å². The summed E-state index contributed by atoms with van der Waals surface area (Å²) in [5.74, 6) is 0.600. The lowest BCUT2D eigenvalue weighted by Gasteiger charge is -2.08. The number of rotatable bonds is 4. The fourth-order valence-electron chi connectivity index (χ4n) is 2.18. The maximum absolute atomic E-state index is 12.2. The second kappa shape index (κ2) is 6.31. The number of hydrogen-bond acceptors (Lipinski definition) is 4. The molecular formula is C17H15N3O3. The van der Waals surface area contributed by atoms with Crippen LogP contribution in [0.4, 0.5) is 5.82 Å². The van der Waals surface area contributed by atoms with E-state index in [1.807, 2.05) is 30.3 Å². The number of amides is 1. The van der Waals surface area contributed by atoms with Crippen molar-refractivity contribution in [2.45, 2.75) is 13.5 Å². The Morgan fingerprint density at radius 1 is 1.22 bits per heavy atom. The fourth-order valence-corrected chi connectivity index (χ4v) is 2.18. The van der Waals surface area contributed by atoms with Crippen molar-refractivity contribution in [3.63, 3.8) is 0 Å². The van der Waals surface area contributed by atoms with Crippen molar-refractivity contribution in [3.05, 3.63) is 82.0 Å². The van der Waals surface area contributed by atoms with Crippen molar-refractivity contribution in [2.24, 2.45) is 0 Å². The third-order valence-corrected chi connectivity index (χ3v) is 3.31. The molecule has 23 heavy (non-hydrogen) atoms. The van der Waals surface area contributed by atoms with Crippen molar-refractivity contribution < 1.29 is 9.32 Å². The first-order valence-corrected chi connectivity index (χ1v) is 7.11. The number of benzene rings is 1. The lowest BCUT2D eigenvalue weighted by atomic mass is 10.2. The summed E-state index contributed by atoms with van der Waals surface area (Å²) in [6.45, 7) is 2.15. The van der Waals surface area contributed by atoms with Gasteiger partial charge in [0.2, 0.25) is 0 Å². The van der Waals surface area contributed by atoms with Crippen LogP contribution in [0.5, 0.6) is 0 Å². The largest absolute Gasteiger partial charge is 0.360 e. The number of nitrogens with one attached hydrogen (secondary N) is 1. The second-order valence-electron chi connectivity index (χ2n) is 5.15. The highest BCUT2D eigenvalue weighted by atomic mass is 16.5. The molecule has 0 aliphatic rings. The maximum Gasteiger partial charge on any atom is 0.258 e. The molecule has 0 saturated carbocycles. The van der Waals surface area contributed by atoms with Crippen molar-refractivity contribution in [2.75, 3.05) is 5.32 Å². The van der Waals surface area contributed by atoms with Crippen LogP contribution in [0.1, 0.15) is 21.7 Å². The lowest BCUT2D eigenvalue weighted by molar-refractivity contribution is 0.102. The summed E-state index contributed by atoms with van der Waals surface area (Å²) in [7, 11) is 0. The standard InChI is InChI=1S/C17H15N3O3/c1-12-9-15(19-23-12)18-17(22)14-7-8-16(21)20(11-14)10-13-5-3-2-4-6-13/h2-9,11H,10H2,1H3,(H,18,19,22). The Hall–Kier alpha value is -3.15. The van der Waals surface area contributed by atoms with Crippen LogP contribution in [-0.4, -0.2) is 15.6 Å². The molecule has 3 rings (SSSR count). The fraction of sp³-hybridized carbons (Fsp3) is 0.118. The SMILES string of the molecule is Cc1cc(NC(=O)c2ccc(=O)n(Cc3ccccc3)c2)no1. The van der Waals surface area contributed by atoms with E-state index >= 15 is 0 Å². The molecule has 0 bridgehead atoms. The molecule has 0 radical (unpaired) electrons. The summed E-state index contributed by atoms with van der Waals surface area (Å²) in [6.07, 6.45) is 1.54. The van der Waals surface area contributed by atoms with Crippen LogP contribution in [0.3, 0.4) is 0 Å². The van der Waals surface area contributed by atoms with Gasteiger partial charge in [0.05, 0.1) is 12.1 Å². The molecule has 6 nitrogen and oxygen atoms in total. The first-order chi connectivity index (χ1) is 11.1. The molecule has 6 heteroatoms. The van der Waals surface area contributed by atoms with E-state index in [1.165, 1.54) is 22.9 Å². The molecule has 0 aliphatic heterocycles. The zero-order valence-corrected chi connectivity index (χ0v) is 12.5. The smallest absolute Gasteiger partial charge is 0.258 e. The molecular weight excluding hydrogens is 294 g/mol. The Kier molecular flexibility index (Phi) is 4.05. The van der Waals surface area contributed by atoms with Gasteiger partial charge >= 0.3 is 0 Å². The van der Waals surface area contributed by atoms with Crippen LogP contribution in [-0.2, 0) is 6.54 Å². The van der Waals surface area contributed by atoms with Crippen LogP contribution >= 0.6 is 0 Å². The minimum atomic E-state index is -0.347. The first kappa shape index (κ1) is 14.8. The number of aryl methyl sites for hydroxylation is 1. The monoisotopic (exact) mass is 309 g/mol. The predicted molar refractivity (Wildman–Crippen MR) is 85.4 cm³/mol. The third-order valence-electron chi connectivity index (χ3n) is 3.31. The first-order valence-electron chi connectivity index (χ1n) is 7.11. The number of carbonyl (C=O) groups is 1. The zero-order valence-electron chi connectivity index (χ0n) is 12.5. The molecule has 1 amide bonds. The highest BCUT2D eigenvalue weighted by molar-refractivity contribution is 6.03. The van der Waals surface area contributed by atoms with Gasteiger partial charge in [0.15, 0.2) is 5.82 Å².